The molecule has 2 aromatic heterocycles. The van der Waals surface area contributed by atoms with E-state index in [9.17, 15) is 0 Å². The van der Waals surface area contributed by atoms with Gasteiger partial charge in [0.25, 0.3) is 0 Å². The maximum Gasteiger partial charge on any atom is 0.140 e. The quantitative estimate of drug-likeness (QED) is 0.400. The minimum Gasteiger partial charge on any atom is -0.360 e. The second-order valence-electron chi connectivity index (χ2n) is 6.79. The number of hydrogen-bond acceptors (Lipinski definition) is 1. The Morgan fingerprint density at radius 3 is 2.30 bits per heavy atom. The summed E-state index contributed by atoms with van der Waals surface area (Å²) in [5, 5.41) is 1.17. The van der Waals surface area contributed by atoms with Gasteiger partial charge in [0.1, 0.15) is 5.82 Å². The van der Waals surface area contributed by atoms with Gasteiger partial charge < -0.3 is 9.97 Å². The van der Waals surface area contributed by atoms with E-state index in [1.54, 1.807) is 0 Å². The van der Waals surface area contributed by atoms with E-state index in [2.05, 4.69) is 71.5 Å². The second kappa shape index (κ2) is 6.29. The van der Waals surface area contributed by atoms with Gasteiger partial charge in [0.2, 0.25) is 0 Å². The molecule has 0 bridgehead atoms. The van der Waals surface area contributed by atoms with Crippen molar-refractivity contribution in [1.29, 1.82) is 0 Å². The fourth-order valence-corrected chi connectivity index (χ4v) is 3.50. The van der Waals surface area contributed by atoms with Crippen molar-refractivity contribution in [3.8, 4) is 33.9 Å². The normalized spacial score (nSPS) is 11.1. The lowest BCUT2D eigenvalue weighted by molar-refractivity contribution is 1.31. The van der Waals surface area contributed by atoms with Crippen LogP contribution >= 0.6 is 0 Å². The first kappa shape index (κ1) is 15.6. The third kappa shape index (κ3) is 2.74. The van der Waals surface area contributed by atoms with E-state index in [1.165, 1.54) is 10.9 Å². The zero-order valence-corrected chi connectivity index (χ0v) is 15.0. The summed E-state index contributed by atoms with van der Waals surface area (Å²) in [6.07, 6.45) is 2.02. The average molecular weight is 349 g/mol. The Hall–Kier alpha value is -3.59. The zero-order chi connectivity index (χ0) is 18.2. The summed E-state index contributed by atoms with van der Waals surface area (Å²) < 4.78 is 0. The van der Waals surface area contributed by atoms with Crippen molar-refractivity contribution in [1.82, 2.24) is 15.0 Å². The summed E-state index contributed by atoms with van der Waals surface area (Å²) in [4.78, 5) is 11.9. The molecule has 0 saturated heterocycles. The smallest absolute Gasteiger partial charge is 0.140 e. The Kier molecular flexibility index (Phi) is 3.65. The summed E-state index contributed by atoms with van der Waals surface area (Å²) >= 11 is 0. The van der Waals surface area contributed by atoms with E-state index in [0.29, 0.717) is 0 Å². The Bertz CT molecular complexity index is 1210. The number of aryl methyl sites for hydroxylation is 1. The van der Waals surface area contributed by atoms with Gasteiger partial charge in [0.15, 0.2) is 0 Å². The highest BCUT2D eigenvalue weighted by molar-refractivity contribution is 5.95. The molecule has 0 aliphatic heterocycles. The summed E-state index contributed by atoms with van der Waals surface area (Å²) in [5.74, 6) is 0.877. The Morgan fingerprint density at radius 1 is 0.741 bits per heavy atom. The molecule has 5 aromatic rings. The number of hydrogen-bond donors (Lipinski definition) is 2. The molecule has 0 unspecified atom stereocenters. The van der Waals surface area contributed by atoms with Crippen molar-refractivity contribution in [2.45, 2.75) is 6.92 Å². The van der Waals surface area contributed by atoms with Gasteiger partial charge in [-0.3, -0.25) is 0 Å². The lowest BCUT2D eigenvalue weighted by Crippen LogP contribution is -1.84. The van der Waals surface area contributed by atoms with Crippen molar-refractivity contribution in [3.63, 3.8) is 0 Å². The number of benzene rings is 3. The molecular weight excluding hydrogens is 330 g/mol. The van der Waals surface area contributed by atoms with E-state index in [1.807, 2.05) is 30.5 Å². The number of H-pyrrole nitrogens is 2. The number of nitrogens with one attached hydrogen (secondary N) is 2. The molecule has 0 spiro atoms. The third-order valence-electron chi connectivity index (χ3n) is 4.94. The molecule has 27 heavy (non-hydrogen) atoms. The minimum atomic E-state index is 0.877. The maximum atomic E-state index is 5.00. The standard InChI is InChI=1S/C24H19N3/c1-16-11-13-18(14-12-16)23-22(17-7-3-2-4-8-17)26-24(27-23)20-15-25-21-10-6-5-9-19(20)21/h2-15,25H,1H3,(H,26,27). The van der Waals surface area contributed by atoms with Crippen LogP contribution in [0.25, 0.3) is 44.8 Å². The molecule has 3 aromatic carbocycles. The molecule has 130 valence electrons. The van der Waals surface area contributed by atoms with E-state index in [0.717, 1.165) is 39.4 Å². The molecule has 3 heteroatoms. The van der Waals surface area contributed by atoms with Gasteiger partial charge in [0, 0.05) is 33.8 Å². The molecule has 2 N–H and O–H groups in total. The third-order valence-corrected chi connectivity index (χ3v) is 4.94. The van der Waals surface area contributed by atoms with Gasteiger partial charge in [0.05, 0.1) is 11.4 Å². The Balaban J connectivity index is 1.73. The van der Waals surface area contributed by atoms with Crippen LogP contribution in [0.4, 0.5) is 0 Å². The van der Waals surface area contributed by atoms with Gasteiger partial charge in [-0.1, -0.05) is 78.4 Å². The number of para-hydroxylation sites is 1. The van der Waals surface area contributed by atoms with Gasteiger partial charge in [-0.2, -0.15) is 0 Å². The summed E-state index contributed by atoms with van der Waals surface area (Å²) in [5.41, 5.74) is 7.70. The van der Waals surface area contributed by atoms with Gasteiger partial charge >= 0.3 is 0 Å². The molecule has 0 saturated carbocycles. The Morgan fingerprint density at radius 2 is 1.48 bits per heavy atom. The lowest BCUT2D eigenvalue weighted by atomic mass is 10.0. The predicted octanol–water partition coefficient (Wildman–Crippen LogP) is 6.20. The average Bonchev–Trinajstić information content (AvgIpc) is 3.33. The predicted molar refractivity (Wildman–Crippen MR) is 111 cm³/mol. The van der Waals surface area contributed by atoms with Gasteiger partial charge in [-0.25, -0.2) is 4.98 Å². The molecule has 2 heterocycles. The summed E-state index contributed by atoms with van der Waals surface area (Å²) in [7, 11) is 0. The van der Waals surface area contributed by atoms with E-state index < -0.39 is 0 Å². The number of aromatic amines is 2. The van der Waals surface area contributed by atoms with Gasteiger partial charge in [-0.15, -0.1) is 0 Å². The van der Waals surface area contributed by atoms with Crippen LogP contribution in [-0.2, 0) is 0 Å². The van der Waals surface area contributed by atoms with Crippen LogP contribution in [0.2, 0.25) is 0 Å². The number of nitrogens with zero attached hydrogens (tertiary/aromatic N) is 1. The van der Waals surface area contributed by atoms with Crippen LogP contribution in [0.15, 0.2) is 85.1 Å². The van der Waals surface area contributed by atoms with Crippen molar-refractivity contribution < 1.29 is 0 Å². The molecular formula is C24H19N3. The first-order valence-electron chi connectivity index (χ1n) is 9.08. The summed E-state index contributed by atoms with van der Waals surface area (Å²) in [6, 6.07) is 27.2. The SMILES string of the molecule is Cc1ccc(-c2[nH]c(-c3c[nH]c4ccccc34)nc2-c2ccccc2)cc1. The second-order valence-corrected chi connectivity index (χ2v) is 6.79. The van der Waals surface area contributed by atoms with Crippen LogP contribution in [0.1, 0.15) is 5.56 Å². The number of aromatic nitrogens is 3. The topological polar surface area (TPSA) is 44.5 Å². The molecule has 5 rings (SSSR count). The molecule has 0 fully saturated rings. The van der Waals surface area contributed by atoms with Crippen molar-refractivity contribution in [3.05, 3.63) is 90.6 Å². The van der Waals surface area contributed by atoms with Crippen LogP contribution in [-0.4, -0.2) is 15.0 Å². The van der Waals surface area contributed by atoms with Gasteiger partial charge in [-0.05, 0) is 13.0 Å². The number of fused-ring (bicyclic) bond motifs is 1. The van der Waals surface area contributed by atoms with E-state index in [4.69, 9.17) is 4.98 Å². The zero-order valence-electron chi connectivity index (χ0n) is 15.0. The molecule has 0 amide bonds. The fourth-order valence-electron chi connectivity index (χ4n) is 3.50. The molecule has 0 atom stereocenters. The van der Waals surface area contributed by atoms with E-state index >= 15 is 0 Å². The minimum absolute atomic E-state index is 0.877. The highest BCUT2D eigenvalue weighted by Crippen LogP contribution is 2.35. The highest BCUT2D eigenvalue weighted by atomic mass is 14.9. The Labute approximate surface area is 157 Å². The monoisotopic (exact) mass is 349 g/mol. The van der Waals surface area contributed by atoms with Crippen molar-refractivity contribution in [2.75, 3.05) is 0 Å². The number of rotatable bonds is 3. The fraction of sp³-hybridized carbons (Fsp3) is 0.0417. The largest absolute Gasteiger partial charge is 0.360 e. The summed E-state index contributed by atoms with van der Waals surface area (Å²) in [6.45, 7) is 2.10. The van der Waals surface area contributed by atoms with Crippen LogP contribution in [0.3, 0.4) is 0 Å². The molecule has 0 aliphatic rings. The maximum absolute atomic E-state index is 5.00. The molecule has 0 radical (unpaired) electrons. The van der Waals surface area contributed by atoms with Crippen LogP contribution in [0, 0.1) is 6.92 Å². The van der Waals surface area contributed by atoms with Crippen molar-refractivity contribution in [2.24, 2.45) is 0 Å². The van der Waals surface area contributed by atoms with E-state index in [-0.39, 0.29) is 0 Å². The lowest BCUT2D eigenvalue weighted by Gasteiger charge is -2.03. The van der Waals surface area contributed by atoms with Crippen molar-refractivity contribution >= 4 is 10.9 Å². The molecule has 3 nitrogen and oxygen atoms in total. The van der Waals surface area contributed by atoms with Crippen LogP contribution < -0.4 is 0 Å². The first-order chi connectivity index (χ1) is 13.3. The first-order valence-corrected chi connectivity index (χ1v) is 9.08. The highest BCUT2D eigenvalue weighted by Gasteiger charge is 2.17. The van der Waals surface area contributed by atoms with Crippen LogP contribution in [0.5, 0.6) is 0 Å². The number of imidazole rings is 1. The molecule has 0 aliphatic carbocycles.